The fourth-order valence-electron chi connectivity index (χ4n) is 2.59. The molecule has 1 saturated carbocycles. The summed E-state index contributed by atoms with van der Waals surface area (Å²) < 4.78 is 5.47. The van der Waals surface area contributed by atoms with Crippen LogP contribution in [-0.4, -0.2) is 39.5 Å². The van der Waals surface area contributed by atoms with Gasteiger partial charge in [-0.25, -0.2) is 0 Å². The lowest BCUT2D eigenvalue weighted by molar-refractivity contribution is 0.349. The van der Waals surface area contributed by atoms with E-state index in [1.165, 1.54) is 12.8 Å². The minimum absolute atomic E-state index is 0.387. The van der Waals surface area contributed by atoms with Crippen LogP contribution in [0.15, 0.2) is 4.52 Å². The number of thioether (sulfide) groups is 2. The summed E-state index contributed by atoms with van der Waals surface area (Å²) in [6.45, 7) is 4.59. The van der Waals surface area contributed by atoms with Crippen molar-refractivity contribution in [2.75, 3.05) is 12.8 Å². The topological polar surface area (TPSA) is 51.0 Å². The number of likely N-dealkylation sites (N-methyl/N-ethyl adjacent to an activating group) is 1. The second-order valence-electron chi connectivity index (χ2n) is 5.85. The Balaban J connectivity index is 1.61. The molecule has 1 N–H and O–H groups in total. The van der Waals surface area contributed by atoms with Crippen molar-refractivity contribution < 1.29 is 4.52 Å². The maximum absolute atomic E-state index is 5.47. The first-order valence-electron chi connectivity index (χ1n) is 7.44. The minimum atomic E-state index is 0.387. The van der Waals surface area contributed by atoms with Gasteiger partial charge in [-0.05, 0) is 25.8 Å². The zero-order valence-corrected chi connectivity index (χ0v) is 14.0. The van der Waals surface area contributed by atoms with Crippen LogP contribution in [0.25, 0.3) is 0 Å². The molecule has 0 amide bonds. The third-order valence-electron chi connectivity index (χ3n) is 4.28. The van der Waals surface area contributed by atoms with Crippen LogP contribution in [-0.2, 0) is 6.42 Å². The van der Waals surface area contributed by atoms with Crippen LogP contribution in [0.4, 0.5) is 0 Å². The summed E-state index contributed by atoms with van der Waals surface area (Å²) in [5.74, 6) is 3.58. The van der Waals surface area contributed by atoms with Gasteiger partial charge in [0.2, 0.25) is 5.89 Å². The SMILES string of the molecule is CNC(Cc1nc(C2CSC(C)C(C)S2)no1)C1CC1. The molecule has 112 valence electrons. The van der Waals surface area contributed by atoms with Gasteiger partial charge in [-0.3, -0.25) is 0 Å². The number of nitrogens with one attached hydrogen (secondary N) is 1. The molecule has 2 fully saturated rings. The first-order valence-corrected chi connectivity index (χ1v) is 9.43. The monoisotopic (exact) mass is 313 g/mol. The highest BCUT2D eigenvalue weighted by Crippen LogP contribution is 2.43. The van der Waals surface area contributed by atoms with Gasteiger partial charge >= 0.3 is 0 Å². The van der Waals surface area contributed by atoms with E-state index in [4.69, 9.17) is 4.52 Å². The number of rotatable bonds is 5. The zero-order valence-electron chi connectivity index (χ0n) is 12.3. The molecule has 2 aliphatic rings. The molecule has 1 aliphatic heterocycles. The van der Waals surface area contributed by atoms with E-state index < -0.39 is 0 Å². The molecule has 1 aliphatic carbocycles. The van der Waals surface area contributed by atoms with Crippen molar-refractivity contribution in [1.29, 1.82) is 0 Å². The standard InChI is InChI=1S/C14H23N3OS2/c1-8-9(2)20-12(7-19-8)14-16-13(18-17-14)6-11(15-3)10-4-5-10/h8-12,15H,4-7H2,1-3H3. The van der Waals surface area contributed by atoms with Crippen molar-refractivity contribution in [2.24, 2.45) is 5.92 Å². The Morgan fingerprint density at radius 2 is 2.15 bits per heavy atom. The Morgan fingerprint density at radius 1 is 1.35 bits per heavy atom. The van der Waals surface area contributed by atoms with Gasteiger partial charge in [-0.1, -0.05) is 19.0 Å². The van der Waals surface area contributed by atoms with E-state index in [9.17, 15) is 0 Å². The van der Waals surface area contributed by atoms with Crippen LogP contribution < -0.4 is 5.32 Å². The highest BCUT2D eigenvalue weighted by molar-refractivity contribution is 8.07. The average molecular weight is 313 g/mol. The molecule has 0 radical (unpaired) electrons. The van der Waals surface area contributed by atoms with Gasteiger partial charge in [0.15, 0.2) is 5.82 Å². The molecule has 0 aromatic carbocycles. The molecule has 4 nitrogen and oxygen atoms in total. The number of hydrogen-bond acceptors (Lipinski definition) is 6. The van der Waals surface area contributed by atoms with Gasteiger partial charge in [0.05, 0.1) is 5.25 Å². The lowest BCUT2D eigenvalue weighted by atomic mass is 10.1. The van der Waals surface area contributed by atoms with Crippen LogP contribution in [0, 0.1) is 5.92 Å². The quantitative estimate of drug-likeness (QED) is 0.902. The number of nitrogens with zero attached hydrogens (tertiary/aromatic N) is 2. The van der Waals surface area contributed by atoms with Crippen molar-refractivity contribution in [3.63, 3.8) is 0 Å². The largest absolute Gasteiger partial charge is 0.339 e. The Morgan fingerprint density at radius 3 is 2.80 bits per heavy atom. The zero-order chi connectivity index (χ0) is 14.1. The molecule has 6 heteroatoms. The first-order chi connectivity index (χ1) is 9.67. The normalized spacial score (nSPS) is 32.2. The molecule has 3 rings (SSSR count). The minimum Gasteiger partial charge on any atom is -0.339 e. The van der Waals surface area contributed by atoms with Crippen molar-refractivity contribution in [3.8, 4) is 0 Å². The van der Waals surface area contributed by atoms with Crippen molar-refractivity contribution >= 4 is 23.5 Å². The summed E-state index contributed by atoms with van der Waals surface area (Å²) in [6.07, 6.45) is 3.53. The fraction of sp³-hybridized carbons (Fsp3) is 0.857. The smallest absolute Gasteiger partial charge is 0.228 e. The van der Waals surface area contributed by atoms with Gasteiger partial charge in [0.25, 0.3) is 0 Å². The van der Waals surface area contributed by atoms with E-state index in [0.717, 1.165) is 29.8 Å². The first kappa shape index (κ1) is 14.7. The highest BCUT2D eigenvalue weighted by atomic mass is 32.2. The maximum Gasteiger partial charge on any atom is 0.228 e. The predicted octanol–water partition coefficient (Wildman–Crippen LogP) is 2.91. The molecule has 1 aromatic heterocycles. The van der Waals surface area contributed by atoms with E-state index in [1.54, 1.807) is 0 Å². The second-order valence-corrected chi connectivity index (χ2v) is 8.85. The summed E-state index contributed by atoms with van der Waals surface area (Å²) >= 11 is 4.00. The van der Waals surface area contributed by atoms with Crippen LogP contribution in [0.2, 0.25) is 0 Å². The second kappa shape index (κ2) is 6.28. The summed E-state index contributed by atoms with van der Waals surface area (Å²) in [4.78, 5) is 4.64. The average Bonchev–Trinajstić information content (AvgIpc) is 3.18. The van der Waals surface area contributed by atoms with E-state index in [0.29, 0.717) is 21.8 Å². The Kier molecular flexibility index (Phi) is 4.62. The Bertz CT molecular complexity index is 449. The summed E-state index contributed by atoms with van der Waals surface area (Å²) in [6, 6.07) is 0.496. The summed E-state index contributed by atoms with van der Waals surface area (Å²) in [7, 11) is 2.02. The summed E-state index contributed by atoms with van der Waals surface area (Å²) in [5.41, 5.74) is 0. The molecule has 1 aromatic rings. The third kappa shape index (κ3) is 3.34. The van der Waals surface area contributed by atoms with Gasteiger partial charge in [0.1, 0.15) is 0 Å². The third-order valence-corrected chi connectivity index (χ3v) is 7.67. The van der Waals surface area contributed by atoms with Gasteiger partial charge in [-0.2, -0.15) is 16.7 Å². The van der Waals surface area contributed by atoms with Gasteiger partial charge < -0.3 is 9.84 Å². The predicted molar refractivity (Wildman–Crippen MR) is 85.3 cm³/mol. The highest BCUT2D eigenvalue weighted by Gasteiger charge is 2.33. The number of hydrogen-bond donors (Lipinski definition) is 1. The van der Waals surface area contributed by atoms with Crippen LogP contribution in [0.1, 0.15) is 43.7 Å². The van der Waals surface area contributed by atoms with Crippen LogP contribution in [0.5, 0.6) is 0 Å². The summed E-state index contributed by atoms with van der Waals surface area (Å²) in [5, 5.41) is 9.35. The molecule has 4 unspecified atom stereocenters. The van der Waals surface area contributed by atoms with Gasteiger partial charge in [-0.15, -0.1) is 11.8 Å². The molecule has 2 heterocycles. The van der Waals surface area contributed by atoms with Crippen LogP contribution in [0.3, 0.4) is 0 Å². The lowest BCUT2D eigenvalue weighted by Crippen LogP contribution is -2.29. The van der Waals surface area contributed by atoms with E-state index in [1.807, 2.05) is 30.6 Å². The number of aromatic nitrogens is 2. The Hall–Kier alpha value is -0.200. The molecule has 0 spiro atoms. The lowest BCUT2D eigenvalue weighted by Gasteiger charge is -2.29. The molecule has 0 bridgehead atoms. The van der Waals surface area contributed by atoms with E-state index in [-0.39, 0.29) is 0 Å². The van der Waals surface area contributed by atoms with E-state index in [2.05, 4.69) is 29.3 Å². The maximum atomic E-state index is 5.47. The van der Waals surface area contributed by atoms with Crippen molar-refractivity contribution in [3.05, 3.63) is 11.7 Å². The molecular weight excluding hydrogens is 290 g/mol. The molecule has 1 saturated heterocycles. The molecular formula is C14H23N3OS2. The van der Waals surface area contributed by atoms with Crippen molar-refractivity contribution in [2.45, 2.75) is 54.9 Å². The van der Waals surface area contributed by atoms with Crippen molar-refractivity contribution in [1.82, 2.24) is 15.5 Å². The molecule has 20 heavy (non-hydrogen) atoms. The van der Waals surface area contributed by atoms with Crippen LogP contribution >= 0.6 is 23.5 Å². The molecule has 4 atom stereocenters. The Labute approximate surface area is 129 Å². The fourth-order valence-corrected chi connectivity index (χ4v) is 5.43. The van der Waals surface area contributed by atoms with E-state index >= 15 is 0 Å². The van der Waals surface area contributed by atoms with Gasteiger partial charge in [0, 0.05) is 28.7 Å².